The average molecular weight is 177 g/mol. The molecule has 1 saturated carbocycles. The predicted octanol–water partition coefficient (Wildman–Crippen LogP) is 0.895. The van der Waals surface area contributed by atoms with Crippen molar-refractivity contribution >= 4 is 0 Å². The summed E-state index contributed by atoms with van der Waals surface area (Å²) in [5, 5.41) is 9.08. The first-order valence-electron chi connectivity index (χ1n) is 4.70. The van der Waals surface area contributed by atoms with Crippen LogP contribution in [0.5, 0.6) is 0 Å². The summed E-state index contributed by atoms with van der Waals surface area (Å²) in [7, 11) is 0. The van der Waals surface area contributed by atoms with Crippen LogP contribution in [0.25, 0.3) is 0 Å². The molecule has 3 N–H and O–H groups in total. The summed E-state index contributed by atoms with van der Waals surface area (Å²) in [4.78, 5) is 0. The monoisotopic (exact) mass is 177 g/mol. The molecule has 0 aromatic heterocycles. The van der Waals surface area contributed by atoms with Crippen molar-refractivity contribution in [1.82, 2.24) is 0 Å². The molecule has 0 bridgehead atoms. The van der Waals surface area contributed by atoms with Gasteiger partial charge in [-0.3, -0.25) is 0 Å². The van der Waals surface area contributed by atoms with E-state index in [-0.39, 0.29) is 12.0 Å². The summed E-state index contributed by atoms with van der Waals surface area (Å²) in [6.45, 7) is 0.897. The van der Waals surface area contributed by atoms with Crippen LogP contribution in [-0.2, 0) is 5.41 Å². The van der Waals surface area contributed by atoms with Gasteiger partial charge in [0, 0.05) is 18.6 Å². The van der Waals surface area contributed by atoms with Gasteiger partial charge in [-0.1, -0.05) is 30.3 Å². The van der Waals surface area contributed by atoms with Crippen LogP contribution < -0.4 is 5.73 Å². The number of rotatable bonds is 3. The van der Waals surface area contributed by atoms with E-state index < -0.39 is 0 Å². The largest absolute Gasteiger partial charge is 0.396 e. The van der Waals surface area contributed by atoms with Crippen LogP contribution in [0.3, 0.4) is 0 Å². The lowest BCUT2D eigenvalue weighted by Crippen LogP contribution is -2.23. The molecule has 0 amide bonds. The summed E-state index contributed by atoms with van der Waals surface area (Å²) in [5.41, 5.74) is 7.11. The van der Waals surface area contributed by atoms with Gasteiger partial charge in [0.15, 0.2) is 0 Å². The Morgan fingerprint density at radius 2 is 2.08 bits per heavy atom. The highest BCUT2D eigenvalue weighted by molar-refractivity contribution is 5.34. The average Bonchev–Trinajstić information content (AvgIpc) is 2.94. The normalized spacial score (nSPS) is 31.7. The lowest BCUT2D eigenvalue weighted by atomic mass is 9.93. The van der Waals surface area contributed by atoms with E-state index in [1.165, 1.54) is 5.56 Å². The number of nitrogens with two attached hydrogens (primary N) is 1. The maximum absolute atomic E-state index is 9.08. The minimum atomic E-state index is 0.0794. The minimum Gasteiger partial charge on any atom is -0.396 e. The Labute approximate surface area is 78.4 Å². The van der Waals surface area contributed by atoms with Gasteiger partial charge in [-0.05, 0) is 17.9 Å². The summed E-state index contributed by atoms with van der Waals surface area (Å²) in [6, 6.07) is 10.3. The van der Waals surface area contributed by atoms with Gasteiger partial charge in [0.2, 0.25) is 0 Å². The third kappa shape index (κ3) is 1.26. The molecule has 70 valence electrons. The fraction of sp³-hybridized carbons (Fsp3) is 0.455. The van der Waals surface area contributed by atoms with E-state index in [1.54, 1.807) is 0 Å². The van der Waals surface area contributed by atoms with Crippen LogP contribution in [0.15, 0.2) is 30.3 Å². The van der Waals surface area contributed by atoms with Crippen molar-refractivity contribution in [3.8, 4) is 0 Å². The molecule has 0 radical (unpaired) electrons. The van der Waals surface area contributed by atoms with Crippen molar-refractivity contribution in [3.63, 3.8) is 0 Å². The smallest absolute Gasteiger partial charge is 0.0468 e. The van der Waals surface area contributed by atoms with Gasteiger partial charge in [0.05, 0.1) is 0 Å². The molecular formula is C11H15NO. The third-order valence-electron chi connectivity index (χ3n) is 3.17. The Morgan fingerprint density at radius 1 is 1.38 bits per heavy atom. The maximum atomic E-state index is 9.08. The molecule has 0 unspecified atom stereocenters. The quantitative estimate of drug-likeness (QED) is 0.720. The third-order valence-corrected chi connectivity index (χ3v) is 3.17. The highest BCUT2D eigenvalue weighted by Crippen LogP contribution is 2.52. The molecule has 0 aliphatic heterocycles. The van der Waals surface area contributed by atoms with Gasteiger partial charge in [0.25, 0.3) is 0 Å². The summed E-state index contributed by atoms with van der Waals surface area (Å²) < 4.78 is 0. The zero-order chi connectivity index (χ0) is 9.31. The zero-order valence-electron chi connectivity index (χ0n) is 7.61. The molecule has 1 aromatic rings. The van der Waals surface area contributed by atoms with E-state index in [0.29, 0.717) is 12.5 Å². The van der Waals surface area contributed by atoms with Crippen molar-refractivity contribution in [2.24, 2.45) is 11.7 Å². The van der Waals surface area contributed by atoms with Gasteiger partial charge in [-0.25, -0.2) is 0 Å². The Bertz CT molecular complexity index is 285. The Kier molecular flexibility index (Phi) is 2.10. The second kappa shape index (κ2) is 3.13. The zero-order valence-corrected chi connectivity index (χ0v) is 7.61. The summed E-state index contributed by atoms with van der Waals surface area (Å²) in [6.07, 6.45) is 1.03. The first kappa shape index (κ1) is 8.73. The number of benzene rings is 1. The molecule has 13 heavy (non-hydrogen) atoms. The van der Waals surface area contributed by atoms with Crippen LogP contribution in [0.1, 0.15) is 12.0 Å². The second-order valence-corrected chi connectivity index (χ2v) is 3.81. The van der Waals surface area contributed by atoms with Crippen LogP contribution in [0.2, 0.25) is 0 Å². The Hall–Kier alpha value is -0.860. The van der Waals surface area contributed by atoms with Crippen LogP contribution in [0, 0.1) is 5.92 Å². The second-order valence-electron chi connectivity index (χ2n) is 3.81. The first-order chi connectivity index (χ1) is 6.33. The standard InChI is InChI=1S/C11H15NO/c12-8-11(6-10(11)7-13)9-4-2-1-3-5-9/h1-5,10,13H,6-8,12H2/t10-,11-/m0/s1. The highest BCUT2D eigenvalue weighted by atomic mass is 16.3. The molecule has 0 spiro atoms. The fourth-order valence-electron chi connectivity index (χ4n) is 2.11. The van der Waals surface area contributed by atoms with Gasteiger partial charge in [-0.2, -0.15) is 0 Å². The van der Waals surface area contributed by atoms with E-state index in [0.717, 1.165) is 6.42 Å². The molecule has 1 fully saturated rings. The van der Waals surface area contributed by atoms with E-state index >= 15 is 0 Å². The topological polar surface area (TPSA) is 46.2 Å². The van der Waals surface area contributed by atoms with E-state index in [9.17, 15) is 0 Å². The lowest BCUT2D eigenvalue weighted by molar-refractivity contribution is 0.264. The van der Waals surface area contributed by atoms with Gasteiger partial charge < -0.3 is 10.8 Å². The Morgan fingerprint density at radius 3 is 2.54 bits per heavy atom. The van der Waals surface area contributed by atoms with Crippen LogP contribution >= 0.6 is 0 Å². The SMILES string of the molecule is NC[C@]1(c2ccccc2)C[C@H]1CO. The molecule has 2 rings (SSSR count). The minimum absolute atomic E-state index is 0.0794. The molecule has 2 heteroatoms. The van der Waals surface area contributed by atoms with E-state index in [1.807, 2.05) is 18.2 Å². The molecule has 0 heterocycles. The maximum Gasteiger partial charge on any atom is 0.0468 e. The van der Waals surface area contributed by atoms with Crippen LogP contribution in [-0.4, -0.2) is 18.3 Å². The molecule has 1 aliphatic rings. The lowest BCUT2D eigenvalue weighted by Gasteiger charge is -2.14. The number of hydrogen-bond donors (Lipinski definition) is 2. The van der Waals surface area contributed by atoms with Crippen molar-refractivity contribution in [3.05, 3.63) is 35.9 Å². The summed E-state index contributed by atoms with van der Waals surface area (Å²) in [5.74, 6) is 0.375. The fourth-order valence-corrected chi connectivity index (χ4v) is 2.11. The van der Waals surface area contributed by atoms with Gasteiger partial charge in [-0.15, -0.1) is 0 Å². The van der Waals surface area contributed by atoms with Crippen LogP contribution in [0.4, 0.5) is 0 Å². The molecule has 1 aromatic carbocycles. The molecule has 2 nitrogen and oxygen atoms in total. The first-order valence-corrected chi connectivity index (χ1v) is 4.70. The van der Waals surface area contributed by atoms with Crippen molar-refractivity contribution in [2.75, 3.05) is 13.2 Å². The molecule has 0 saturated heterocycles. The van der Waals surface area contributed by atoms with Crippen molar-refractivity contribution in [2.45, 2.75) is 11.8 Å². The van der Waals surface area contributed by atoms with Gasteiger partial charge >= 0.3 is 0 Å². The number of aliphatic hydroxyl groups is 1. The molecular weight excluding hydrogens is 162 g/mol. The van der Waals surface area contributed by atoms with Crippen molar-refractivity contribution < 1.29 is 5.11 Å². The predicted molar refractivity (Wildman–Crippen MR) is 52.4 cm³/mol. The summed E-state index contributed by atoms with van der Waals surface area (Å²) >= 11 is 0. The molecule has 1 aliphatic carbocycles. The number of hydrogen-bond acceptors (Lipinski definition) is 2. The highest BCUT2D eigenvalue weighted by Gasteiger charge is 2.53. The Balaban J connectivity index is 2.25. The van der Waals surface area contributed by atoms with E-state index in [2.05, 4.69) is 12.1 Å². The van der Waals surface area contributed by atoms with E-state index in [4.69, 9.17) is 10.8 Å². The van der Waals surface area contributed by atoms with Crippen molar-refractivity contribution in [1.29, 1.82) is 0 Å². The molecule has 2 atom stereocenters. The van der Waals surface area contributed by atoms with Gasteiger partial charge in [0.1, 0.15) is 0 Å². The number of aliphatic hydroxyl groups excluding tert-OH is 1.